The van der Waals surface area contributed by atoms with Crippen LogP contribution < -0.4 is 0 Å². The van der Waals surface area contributed by atoms with Crippen molar-refractivity contribution < 1.29 is 35.9 Å². The van der Waals surface area contributed by atoms with Crippen LogP contribution in [0.5, 0.6) is 0 Å². The van der Waals surface area contributed by atoms with Gasteiger partial charge < -0.3 is 9.64 Å². The van der Waals surface area contributed by atoms with E-state index in [1.165, 1.54) is 24.1 Å². The molecule has 0 bridgehead atoms. The van der Waals surface area contributed by atoms with Crippen molar-refractivity contribution in [1.82, 2.24) is 24.6 Å². The highest BCUT2D eigenvalue weighted by Gasteiger charge is 2.40. The molecule has 1 aromatic carbocycles. The summed E-state index contributed by atoms with van der Waals surface area (Å²) < 4.78 is 86.0. The van der Waals surface area contributed by atoms with Gasteiger partial charge in [0.25, 0.3) is 5.91 Å². The second-order valence-corrected chi connectivity index (χ2v) is 8.62. The van der Waals surface area contributed by atoms with Gasteiger partial charge in [-0.1, -0.05) is 11.6 Å². The summed E-state index contributed by atoms with van der Waals surface area (Å²) in [5.74, 6) is -1.80. The molecule has 37 heavy (non-hydrogen) atoms. The standard InChI is InChI=1S/C22H15ClF6N6O2/c1-9-19-32-18(20(36)34-7-10(8-34)37-21(25)26)33-35(19)13-5-4-11(22(27,28)29)15(23)14(13)17(31-9)16-12(24)3-2-6-30-16/h2-6,9-10,21H,7-8H2,1H3/t9-/m0/s1. The van der Waals surface area contributed by atoms with Crippen molar-refractivity contribution in [3.8, 4) is 5.69 Å². The van der Waals surface area contributed by atoms with E-state index >= 15 is 0 Å². The Kier molecular flexibility index (Phi) is 6.18. The summed E-state index contributed by atoms with van der Waals surface area (Å²) in [7, 11) is 0. The molecule has 1 amide bonds. The number of aromatic nitrogens is 4. The summed E-state index contributed by atoms with van der Waals surface area (Å²) in [4.78, 5) is 26.6. The number of carbonyl (C=O) groups excluding carboxylic acids is 1. The van der Waals surface area contributed by atoms with E-state index in [0.717, 1.165) is 22.9 Å². The SMILES string of the molecule is C[C@@H]1N=C(c2ncccc2F)c2c(ccc(C(F)(F)F)c2Cl)-n2nc(C(=O)N3CC(OC(F)F)C3)nc21. The van der Waals surface area contributed by atoms with E-state index in [1.807, 2.05) is 0 Å². The predicted molar refractivity (Wildman–Crippen MR) is 116 cm³/mol. The number of hydrogen-bond acceptors (Lipinski definition) is 6. The number of alkyl halides is 5. The van der Waals surface area contributed by atoms with E-state index in [9.17, 15) is 31.1 Å². The number of likely N-dealkylation sites (tertiary alicyclic amines) is 1. The molecule has 15 heteroatoms. The Hall–Kier alpha value is -3.52. The van der Waals surface area contributed by atoms with Crippen LogP contribution in [0.4, 0.5) is 26.3 Å². The lowest BCUT2D eigenvalue weighted by molar-refractivity contribution is -0.189. The summed E-state index contributed by atoms with van der Waals surface area (Å²) in [6.07, 6.45) is -4.43. The van der Waals surface area contributed by atoms with E-state index in [0.29, 0.717) is 0 Å². The van der Waals surface area contributed by atoms with Crippen molar-refractivity contribution in [3.63, 3.8) is 0 Å². The number of pyridine rings is 1. The monoisotopic (exact) mass is 544 g/mol. The third-order valence-corrected chi connectivity index (χ3v) is 6.22. The normalized spacial score (nSPS) is 17.7. The molecular weight excluding hydrogens is 530 g/mol. The molecule has 0 N–H and O–H groups in total. The summed E-state index contributed by atoms with van der Waals surface area (Å²) in [5.41, 5.74) is -2.08. The van der Waals surface area contributed by atoms with Crippen LogP contribution in [0.2, 0.25) is 5.02 Å². The topological polar surface area (TPSA) is 85.5 Å². The van der Waals surface area contributed by atoms with Gasteiger partial charge in [0.1, 0.15) is 11.7 Å². The quantitative estimate of drug-likeness (QED) is 0.453. The highest BCUT2D eigenvalue weighted by Crippen LogP contribution is 2.41. The molecule has 0 spiro atoms. The fourth-order valence-corrected chi connectivity index (χ4v) is 4.44. The maximum atomic E-state index is 14.7. The van der Waals surface area contributed by atoms with E-state index in [2.05, 4.69) is 24.8 Å². The number of amides is 1. The van der Waals surface area contributed by atoms with E-state index in [4.69, 9.17) is 11.6 Å². The first kappa shape index (κ1) is 25.1. The minimum atomic E-state index is -4.83. The van der Waals surface area contributed by atoms with Gasteiger partial charge in [-0.2, -0.15) is 22.0 Å². The Balaban J connectivity index is 1.63. The highest BCUT2D eigenvalue weighted by molar-refractivity contribution is 6.37. The maximum Gasteiger partial charge on any atom is 0.417 e. The van der Waals surface area contributed by atoms with Crippen molar-refractivity contribution in [1.29, 1.82) is 0 Å². The Bertz CT molecular complexity index is 1420. The van der Waals surface area contributed by atoms with Gasteiger partial charge in [0.15, 0.2) is 11.6 Å². The lowest BCUT2D eigenvalue weighted by Crippen LogP contribution is -2.55. The number of carbonyl (C=O) groups is 1. The Morgan fingerprint density at radius 1 is 1.22 bits per heavy atom. The summed E-state index contributed by atoms with van der Waals surface area (Å²) >= 11 is 6.24. The number of aliphatic imine (C=N–C) groups is 1. The zero-order chi connectivity index (χ0) is 26.6. The lowest BCUT2D eigenvalue weighted by atomic mass is 10.0. The fourth-order valence-electron chi connectivity index (χ4n) is 4.08. The van der Waals surface area contributed by atoms with Gasteiger partial charge in [0.2, 0.25) is 5.82 Å². The summed E-state index contributed by atoms with van der Waals surface area (Å²) in [6.45, 7) is -1.68. The van der Waals surface area contributed by atoms with Crippen LogP contribution in [0.3, 0.4) is 0 Å². The number of hydrogen-bond donors (Lipinski definition) is 0. The first-order valence-corrected chi connectivity index (χ1v) is 11.1. The van der Waals surface area contributed by atoms with Crippen LogP contribution in [0.1, 0.15) is 46.2 Å². The number of nitrogens with zero attached hydrogens (tertiary/aromatic N) is 6. The molecule has 1 fully saturated rings. The molecule has 2 aliphatic rings. The van der Waals surface area contributed by atoms with Crippen LogP contribution in [0.15, 0.2) is 35.5 Å². The molecule has 0 saturated carbocycles. The molecule has 5 rings (SSSR count). The third kappa shape index (κ3) is 4.44. The zero-order valence-electron chi connectivity index (χ0n) is 18.7. The molecule has 1 saturated heterocycles. The average molecular weight is 545 g/mol. The van der Waals surface area contributed by atoms with Crippen LogP contribution in [0, 0.1) is 5.82 Å². The van der Waals surface area contributed by atoms with E-state index in [-0.39, 0.29) is 47.4 Å². The molecule has 0 radical (unpaired) electrons. The molecular formula is C22H15ClF6N6O2. The number of rotatable bonds is 4. The summed E-state index contributed by atoms with van der Waals surface area (Å²) in [6, 6.07) is 3.27. The highest BCUT2D eigenvalue weighted by atomic mass is 35.5. The lowest BCUT2D eigenvalue weighted by Gasteiger charge is -2.37. The van der Waals surface area contributed by atoms with Gasteiger partial charge in [-0.05, 0) is 31.2 Å². The van der Waals surface area contributed by atoms with Crippen molar-refractivity contribution >= 4 is 23.2 Å². The molecule has 0 aliphatic carbocycles. The number of benzene rings is 1. The van der Waals surface area contributed by atoms with Crippen molar-refractivity contribution in [3.05, 3.63) is 69.8 Å². The molecule has 4 heterocycles. The molecule has 8 nitrogen and oxygen atoms in total. The van der Waals surface area contributed by atoms with E-state index in [1.54, 1.807) is 0 Å². The zero-order valence-corrected chi connectivity index (χ0v) is 19.4. The fraction of sp³-hybridized carbons (Fsp3) is 0.318. The predicted octanol–water partition coefficient (Wildman–Crippen LogP) is 4.45. The van der Waals surface area contributed by atoms with Crippen molar-refractivity contribution in [2.24, 2.45) is 4.99 Å². The maximum absolute atomic E-state index is 14.7. The molecule has 0 unspecified atom stereocenters. The number of ether oxygens (including phenoxy) is 1. The van der Waals surface area contributed by atoms with Gasteiger partial charge in [-0.15, -0.1) is 5.10 Å². The van der Waals surface area contributed by atoms with Gasteiger partial charge in [-0.3, -0.25) is 14.8 Å². The van der Waals surface area contributed by atoms with Crippen molar-refractivity contribution in [2.75, 3.05) is 13.1 Å². The third-order valence-electron chi connectivity index (χ3n) is 5.82. The van der Waals surface area contributed by atoms with Crippen LogP contribution >= 0.6 is 11.6 Å². The van der Waals surface area contributed by atoms with Gasteiger partial charge in [0, 0.05) is 24.8 Å². The van der Waals surface area contributed by atoms with Crippen LogP contribution in [0.25, 0.3) is 5.69 Å². The summed E-state index contributed by atoms with van der Waals surface area (Å²) in [5, 5.41) is 3.42. The van der Waals surface area contributed by atoms with Gasteiger partial charge >= 0.3 is 12.8 Å². The second-order valence-electron chi connectivity index (χ2n) is 8.24. The van der Waals surface area contributed by atoms with Crippen molar-refractivity contribution in [2.45, 2.75) is 31.9 Å². The Morgan fingerprint density at radius 3 is 2.59 bits per heavy atom. The average Bonchev–Trinajstić information content (AvgIpc) is 3.20. The molecule has 2 aromatic heterocycles. The first-order chi connectivity index (χ1) is 17.5. The number of fused-ring (bicyclic) bond motifs is 3. The minimum absolute atomic E-state index is 0.0322. The molecule has 194 valence electrons. The van der Waals surface area contributed by atoms with Crippen LogP contribution in [-0.2, 0) is 10.9 Å². The molecule has 1 atom stereocenters. The minimum Gasteiger partial charge on any atom is -0.331 e. The van der Waals surface area contributed by atoms with Gasteiger partial charge in [0.05, 0.1) is 28.1 Å². The molecule has 2 aliphatic heterocycles. The van der Waals surface area contributed by atoms with Gasteiger partial charge in [-0.25, -0.2) is 14.1 Å². The van der Waals surface area contributed by atoms with Crippen LogP contribution in [-0.4, -0.2) is 62.1 Å². The largest absolute Gasteiger partial charge is 0.417 e. The Labute approximate surface area is 209 Å². The smallest absolute Gasteiger partial charge is 0.331 e. The second kappa shape index (κ2) is 9.10. The van der Waals surface area contributed by atoms with E-state index < -0.39 is 47.2 Å². The first-order valence-electron chi connectivity index (χ1n) is 10.7. The Morgan fingerprint density at radius 2 is 1.95 bits per heavy atom. The molecule has 3 aromatic rings. The number of halogens is 7.